The summed E-state index contributed by atoms with van der Waals surface area (Å²) in [6.07, 6.45) is 9.95. The molecule has 2 N–H and O–H groups in total. The van der Waals surface area contributed by atoms with Crippen molar-refractivity contribution in [3.05, 3.63) is 11.6 Å². The molecule has 0 heterocycles. The van der Waals surface area contributed by atoms with E-state index >= 15 is 0 Å². The Morgan fingerprint density at radius 1 is 1.06 bits per heavy atom. The summed E-state index contributed by atoms with van der Waals surface area (Å²) >= 11 is 0. The highest BCUT2D eigenvalue weighted by Gasteiger charge is 1.93. The first-order valence-corrected chi connectivity index (χ1v) is 6.82. The molecule has 3 nitrogen and oxygen atoms in total. The lowest BCUT2D eigenvalue weighted by molar-refractivity contribution is 0.611. The maximum absolute atomic E-state index is 4.54. The molecule has 0 radical (unpaired) electrons. The van der Waals surface area contributed by atoms with Crippen LogP contribution in [-0.4, -0.2) is 19.4 Å². The Labute approximate surface area is 107 Å². The van der Waals surface area contributed by atoms with Crippen molar-refractivity contribution in [1.82, 2.24) is 10.9 Å². The highest BCUT2D eigenvalue weighted by Crippen LogP contribution is 2.04. The van der Waals surface area contributed by atoms with Gasteiger partial charge in [-0.15, -0.1) is 0 Å². The van der Waals surface area contributed by atoms with Crippen LogP contribution in [0.15, 0.2) is 16.6 Å². The fourth-order valence-corrected chi connectivity index (χ4v) is 1.61. The average molecular weight is 239 g/mol. The first-order chi connectivity index (χ1) is 8.20. The monoisotopic (exact) mass is 239 g/mol. The van der Waals surface area contributed by atoms with Gasteiger partial charge in [-0.25, -0.2) is 5.43 Å². The van der Waals surface area contributed by atoms with E-state index in [0.717, 1.165) is 12.4 Å². The van der Waals surface area contributed by atoms with E-state index in [0.29, 0.717) is 0 Å². The number of rotatable bonds is 9. The van der Waals surface area contributed by atoms with E-state index in [2.05, 4.69) is 42.7 Å². The van der Waals surface area contributed by atoms with E-state index in [9.17, 15) is 0 Å². The summed E-state index contributed by atoms with van der Waals surface area (Å²) in [5.74, 6) is 0.932. The summed E-state index contributed by atoms with van der Waals surface area (Å²) in [5, 5.41) is 0. The standard InChI is InChI=1S/C14H29N3/c1-5-6-7-8-9-10-11-16-14(17-15-4)12-13(2)3/h12,15H,5-11H2,1-4H3,(H,16,17). The lowest BCUT2D eigenvalue weighted by Gasteiger charge is -2.05. The van der Waals surface area contributed by atoms with Gasteiger partial charge in [0.2, 0.25) is 0 Å². The molecule has 0 unspecified atom stereocenters. The molecule has 0 rings (SSSR count). The van der Waals surface area contributed by atoms with E-state index in [1.54, 1.807) is 0 Å². The Kier molecular flexibility index (Phi) is 11.1. The van der Waals surface area contributed by atoms with E-state index < -0.39 is 0 Å². The Bertz CT molecular complexity index is 228. The van der Waals surface area contributed by atoms with Gasteiger partial charge < -0.3 is 5.43 Å². The minimum absolute atomic E-state index is 0.917. The molecular formula is C14H29N3. The first kappa shape index (κ1) is 16.2. The van der Waals surface area contributed by atoms with Crippen molar-refractivity contribution in [2.75, 3.05) is 13.6 Å². The highest BCUT2D eigenvalue weighted by molar-refractivity contribution is 5.93. The van der Waals surface area contributed by atoms with E-state index in [1.165, 1.54) is 44.1 Å². The predicted molar refractivity (Wildman–Crippen MR) is 77.3 cm³/mol. The lowest BCUT2D eigenvalue weighted by Crippen LogP contribution is -2.33. The van der Waals surface area contributed by atoms with Crippen LogP contribution in [0.5, 0.6) is 0 Å². The minimum Gasteiger partial charge on any atom is -0.306 e. The number of unbranched alkanes of at least 4 members (excludes halogenated alkanes) is 5. The van der Waals surface area contributed by atoms with Crippen molar-refractivity contribution in [2.45, 2.75) is 59.3 Å². The van der Waals surface area contributed by atoms with Crippen molar-refractivity contribution >= 4 is 5.84 Å². The first-order valence-electron chi connectivity index (χ1n) is 6.82. The van der Waals surface area contributed by atoms with Crippen molar-refractivity contribution in [3.8, 4) is 0 Å². The number of aliphatic imine (C=N–C) groups is 1. The van der Waals surface area contributed by atoms with E-state index in [1.807, 2.05) is 7.05 Å². The molecule has 0 aliphatic rings. The van der Waals surface area contributed by atoms with Gasteiger partial charge in [-0.05, 0) is 26.3 Å². The van der Waals surface area contributed by atoms with Crippen LogP contribution in [0.2, 0.25) is 0 Å². The number of hydrogen-bond acceptors (Lipinski definition) is 2. The summed E-state index contributed by atoms with van der Waals surface area (Å²) in [6, 6.07) is 0. The van der Waals surface area contributed by atoms with Gasteiger partial charge in [0.15, 0.2) is 0 Å². The third kappa shape index (κ3) is 11.4. The number of amidine groups is 1. The zero-order chi connectivity index (χ0) is 12.9. The van der Waals surface area contributed by atoms with Crippen LogP contribution in [-0.2, 0) is 0 Å². The Morgan fingerprint density at radius 3 is 2.29 bits per heavy atom. The molecule has 0 aromatic rings. The number of hydrogen-bond donors (Lipinski definition) is 2. The zero-order valence-corrected chi connectivity index (χ0v) is 12.0. The largest absolute Gasteiger partial charge is 0.306 e. The van der Waals surface area contributed by atoms with Gasteiger partial charge in [-0.2, -0.15) is 0 Å². The van der Waals surface area contributed by atoms with E-state index in [4.69, 9.17) is 0 Å². The molecule has 0 aromatic carbocycles. The molecule has 0 saturated carbocycles. The molecule has 100 valence electrons. The van der Waals surface area contributed by atoms with Crippen molar-refractivity contribution in [1.29, 1.82) is 0 Å². The Balaban J connectivity index is 3.73. The van der Waals surface area contributed by atoms with Crippen molar-refractivity contribution in [3.63, 3.8) is 0 Å². The third-order valence-corrected chi connectivity index (χ3v) is 2.47. The smallest absolute Gasteiger partial charge is 0.135 e. The minimum atomic E-state index is 0.917. The molecule has 0 fully saturated rings. The van der Waals surface area contributed by atoms with Crippen LogP contribution in [0.25, 0.3) is 0 Å². The number of allylic oxidation sites excluding steroid dienone is 1. The fraction of sp³-hybridized carbons (Fsp3) is 0.786. The molecule has 0 saturated heterocycles. The second-order valence-corrected chi connectivity index (χ2v) is 4.63. The van der Waals surface area contributed by atoms with Crippen LogP contribution >= 0.6 is 0 Å². The van der Waals surface area contributed by atoms with Gasteiger partial charge in [-0.3, -0.25) is 4.99 Å². The van der Waals surface area contributed by atoms with Crippen molar-refractivity contribution < 1.29 is 0 Å². The summed E-state index contributed by atoms with van der Waals surface area (Å²) in [6.45, 7) is 7.33. The summed E-state index contributed by atoms with van der Waals surface area (Å²) < 4.78 is 0. The van der Waals surface area contributed by atoms with E-state index in [-0.39, 0.29) is 0 Å². The molecule has 0 aromatic heterocycles. The molecule has 0 aliphatic heterocycles. The summed E-state index contributed by atoms with van der Waals surface area (Å²) in [7, 11) is 1.86. The van der Waals surface area contributed by atoms with Gasteiger partial charge in [0.05, 0.1) is 0 Å². The predicted octanol–water partition coefficient (Wildman–Crippen LogP) is 3.44. The third-order valence-electron chi connectivity index (χ3n) is 2.47. The number of nitrogens with zero attached hydrogens (tertiary/aromatic N) is 1. The van der Waals surface area contributed by atoms with Crippen LogP contribution in [0.4, 0.5) is 0 Å². The summed E-state index contributed by atoms with van der Waals surface area (Å²) in [4.78, 5) is 4.54. The second kappa shape index (κ2) is 11.6. The molecule has 0 spiro atoms. The van der Waals surface area contributed by atoms with Crippen LogP contribution in [0, 0.1) is 0 Å². The van der Waals surface area contributed by atoms with Crippen LogP contribution in [0.1, 0.15) is 59.3 Å². The van der Waals surface area contributed by atoms with Gasteiger partial charge in [0.25, 0.3) is 0 Å². The molecule has 0 atom stereocenters. The van der Waals surface area contributed by atoms with Gasteiger partial charge in [0, 0.05) is 13.6 Å². The molecule has 17 heavy (non-hydrogen) atoms. The number of nitrogens with one attached hydrogen (secondary N) is 2. The maximum atomic E-state index is 4.54. The van der Waals surface area contributed by atoms with Crippen LogP contribution < -0.4 is 10.9 Å². The number of hydrazine groups is 1. The zero-order valence-electron chi connectivity index (χ0n) is 12.0. The average Bonchev–Trinajstić information content (AvgIpc) is 2.27. The van der Waals surface area contributed by atoms with Crippen molar-refractivity contribution in [2.24, 2.45) is 4.99 Å². The van der Waals surface area contributed by atoms with Gasteiger partial charge >= 0.3 is 0 Å². The molecule has 0 bridgehead atoms. The SMILES string of the molecule is CCCCCCCCN=C(C=C(C)C)NNC. The normalized spacial score (nSPS) is 11.4. The lowest BCUT2D eigenvalue weighted by atomic mass is 10.1. The fourth-order valence-electron chi connectivity index (χ4n) is 1.61. The Morgan fingerprint density at radius 2 is 1.71 bits per heavy atom. The molecular weight excluding hydrogens is 210 g/mol. The Hall–Kier alpha value is -0.830. The topological polar surface area (TPSA) is 36.4 Å². The summed E-state index contributed by atoms with van der Waals surface area (Å²) in [5.41, 5.74) is 7.22. The van der Waals surface area contributed by atoms with Crippen LogP contribution in [0.3, 0.4) is 0 Å². The van der Waals surface area contributed by atoms with Gasteiger partial charge in [-0.1, -0.05) is 44.6 Å². The van der Waals surface area contributed by atoms with Gasteiger partial charge in [0.1, 0.15) is 5.84 Å². The molecule has 0 aliphatic carbocycles. The highest BCUT2D eigenvalue weighted by atomic mass is 15.4. The maximum Gasteiger partial charge on any atom is 0.135 e. The quantitative estimate of drug-likeness (QED) is 0.280. The molecule has 0 amide bonds. The second-order valence-electron chi connectivity index (χ2n) is 4.63. The molecule has 3 heteroatoms.